The molecule has 2 N–H and O–H groups in total. The quantitative estimate of drug-likeness (QED) is 0.755. The van der Waals surface area contributed by atoms with Crippen molar-refractivity contribution in [2.75, 3.05) is 0 Å². The Morgan fingerprint density at radius 3 is 2.80 bits per heavy atom. The zero-order chi connectivity index (χ0) is 11.1. The van der Waals surface area contributed by atoms with Gasteiger partial charge in [0, 0.05) is 23.9 Å². The van der Waals surface area contributed by atoms with Crippen molar-refractivity contribution in [1.29, 1.82) is 0 Å². The summed E-state index contributed by atoms with van der Waals surface area (Å²) in [6.45, 7) is 4.21. The van der Waals surface area contributed by atoms with Gasteiger partial charge in [-0.15, -0.1) is 0 Å². The fraction of sp³-hybridized carbons (Fsp3) is 0.455. The molecule has 1 saturated carbocycles. The largest absolute Gasteiger partial charge is 0.349 e. The number of H-pyrrole nitrogens is 1. The summed E-state index contributed by atoms with van der Waals surface area (Å²) in [5, 5.41) is 2.90. The highest BCUT2D eigenvalue weighted by atomic mass is 16.2. The Kier molecular flexibility index (Phi) is 2.14. The number of amides is 1. The second-order valence-corrected chi connectivity index (χ2v) is 4.66. The van der Waals surface area contributed by atoms with Crippen LogP contribution < -0.4 is 10.9 Å². The predicted molar refractivity (Wildman–Crippen MR) is 56.7 cm³/mol. The van der Waals surface area contributed by atoms with Crippen LogP contribution in [0.25, 0.3) is 0 Å². The third-order valence-electron chi connectivity index (χ3n) is 2.86. The van der Waals surface area contributed by atoms with Crippen molar-refractivity contribution in [3.63, 3.8) is 0 Å². The predicted octanol–water partition coefficient (Wildman–Crippen LogP) is 0.903. The summed E-state index contributed by atoms with van der Waals surface area (Å²) in [6, 6.07) is 3.15. The number of nitrogens with one attached hydrogen (secondary N) is 2. The normalized spacial score (nSPS) is 22.1. The molecule has 1 heterocycles. The maximum Gasteiger partial charge on any atom is 0.251 e. The van der Waals surface area contributed by atoms with Gasteiger partial charge in [-0.05, 0) is 17.9 Å². The van der Waals surface area contributed by atoms with E-state index in [9.17, 15) is 9.59 Å². The molecule has 15 heavy (non-hydrogen) atoms. The minimum absolute atomic E-state index is 0.170. The second kappa shape index (κ2) is 3.22. The molecule has 2 rings (SSSR count). The minimum Gasteiger partial charge on any atom is -0.349 e. The monoisotopic (exact) mass is 206 g/mol. The molecule has 0 aliphatic heterocycles. The molecule has 0 saturated heterocycles. The van der Waals surface area contributed by atoms with E-state index >= 15 is 0 Å². The van der Waals surface area contributed by atoms with Gasteiger partial charge in [0.2, 0.25) is 5.56 Å². The van der Waals surface area contributed by atoms with Crippen molar-refractivity contribution in [2.45, 2.75) is 26.3 Å². The molecule has 1 amide bonds. The van der Waals surface area contributed by atoms with Crippen LogP contribution in [0.5, 0.6) is 0 Å². The Morgan fingerprint density at radius 1 is 1.60 bits per heavy atom. The lowest BCUT2D eigenvalue weighted by Gasteiger charge is -2.06. The van der Waals surface area contributed by atoms with Crippen molar-refractivity contribution in [1.82, 2.24) is 10.3 Å². The molecule has 0 spiro atoms. The van der Waals surface area contributed by atoms with Crippen LogP contribution in [-0.2, 0) is 0 Å². The molecule has 4 nitrogen and oxygen atoms in total. The number of pyridine rings is 1. The molecule has 0 aromatic carbocycles. The first-order chi connectivity index (χ1) is 6.99. The van der Waals surface area contributed by atoms with E-state index in [1.54, 1.807) is 6.07 Å². The zero-order valence-electron chi connectivity index (χ0n) is 8.83. The van der Waals surface area contributed by atoms with E-state index in [-0.39, 0.29) is 22.9 Å². The van der Waals surface area contributed by atoms with Gasteiger partial charge >= 0.3 is 0 Å². The Balaban J connectivity index is 2.06. The lowest BCUT2D eigenvalue weighted by Crippen LogP contribution is -2.29. The smallest absolute Gasteiger partial charge is 0.251 e. The van der Waals surface area contributed by atoms with E-state index in [0.717, 1.165) is 6.42 Å². The third kappa shape index (κ3) is 2.09. The number of hydrogen-bond acceptors (Lipinski definition) is 2. The van der Waals surface area contributed by atoms with E-state index in [1.807, 2.05) is 0 Å². The van der Waals surface area contributed by atoms with Gasteiger partial charge < -0.3 is 10.3 Å². The summed E-state index contributed by atoms with van der Waals surface area (Å²) in [5.41, 5.74) is 0.371. The number of aromatic amines is 1. The maximum atomic E-state index is 11.7. The van der Waals surface area contributed by atoms with Crippen LogP contribution in [0.1, 0.15) is 30.6 Å². The summed E-state index contributed by atoms with van der Waals surface area (Å²) < 4.78 is 0. The van der Waals surface area contributed by atoms with E-state index in [0.29, 0.717) is 5.56 Å². The first-order valence-corrected chi connectivity index (χ1v) is 4.99. The highest BCUT2D eigenvalue weighted by Crippen LogP contribution is 2.44. The standard InChI is InChI=1S/C11H14N2O2/c1-11(2)6-8(11)13-10(15)7-3-4-12-9(14)5-7/h3-5,8H,6H2,1-2H3,(H,12,14)(H,13,15). The van der Waals surface area contributed by atoms with Gasteiger partial charge in [-0.2, -0.15) is 0 Å². The van der Waals surface area contributed by atoms with E-state index < -0.39 is 0 Å². The van der Waals surface area contributed by atoms with Gasteiger partial charge in [0.1, 0.15) is 0 Å². The summed E-state index contributed by atoms with van der Waals surface area (Å²) in [7, 11) is 0. The summed E-state index contributed by atoms with van der Waals surface area (Å²) in [5.74, 6) is -0.170. The molecule has 1 fully saturated rings. The Morgan fingerprint density at radius 2 is 2.27 bits per heavy atom. The summed E-state index contributed by atoms with van der Waals surface area (Å²) in [6.07, 6.45) is 2.48. The molecule has 1 aliphatic rings. The fourth-order valence-corrected chi connectivity index (χ4v) is 1.54. The average molecular weight is 206 g/mol. The molecule has 4 heteroatoms. The number of carbonyl (C=O) groups is 1. The molecular formula is C11H14N2O2. The van der Waals surface area contributed by atoms with Gasteiger partial charge in [-0.1, -0.05) is 13.8 Å². The van der Waals surface area contributed by atoms with Crippen LogP contribution in [0.15, 0.2) is 23.1 Å². The number of aromatic nitrogens is 1. The first kappa shape index (κ1) is 9.96. The van der Waals surface area contributed by atoms with Gasteiger partial charge in [-0.25, -0.2) is 0 Å². The van der Waals surface area contributed by atoms with Gasteiger partial charge in [0.05, 0.1) is 0 Å². The first-order valence-electron chi connectivity index (χ1n) is 4.99. The SMILES string of the molecule is CC1(C)CC1NC(=O)c1cc[nH]c(=O)c1. The number of rotatable bonds is 2. The molecule has 0 bridgehead atoms. The number of carbonyl (C=O) groups excluding carboxylic acids is 1. The zero-order valence-corrected chi connectivity index (χ0v) is 8.83. The highest BCUT2D eigenvalue weighted by molar-refractivity contribution is 5.94. The highest BCUT2D eigenvalue weighted by Gasteiger charge is 2.46. The molecule has 1 aliphatic carbocycles. The lowest BCUT2D eigenvalue weighted by molar-refractivity contribution is 0.0946. The van der Waals surface area contributed by atoms with Crippen LogP contribution in [0, 0.1) is 5.41 Å². The van der Waals surface area contributed by atoms with Crippen molar-refractivity contribution < 1.29 is 4.79 Å². The molecular weight excluding hydrogens is 192 g/mol. The average Bonchev–Trinajstić information content (AvgIpc) is 2.73. The molecule has 0 radical (unpaired) electrons. The molecule has 80 valence electrons. The van der Waals surface area contributed by atoms with E-state index in [1.165, 1.54) is 12.3 Å². The Labute approximate surface area is 87.7 Å². The van der Waals surface area contributed by atoms with Gasteiger partial charge in [-0.3, -0.25) is 9.59 Å². The molecule has 1 unspecified atom stereocenters. The van der Waals surface area contributed by atoms with Crippen LogP contribution in [-0.4, -0.2) is 16.9 Å². The Hall–Kier alpha value is -1.58. The molecule has 1 aromatic rings. The number of hydrogen-bond donors (Lipinski definition) is 2. The van der Waals surface area contributed by atoms with Crippen molar-refractivity contribution in [2.24, 2.45) is 5.41 Å². The topological polar surface area (TPSA) is 62.0 Å². The summed E-state index contributed by atoms with van der Waals surface area (Å²) in [4.78, 5) is 25.1. The molecule has 1 atom stereocenters. The lowest BCUT2D eigenvalue weighted by atomic mass is 10.2. The van der Waals surface area contributed by atoms with Crippen molar-refractivity contribution >= 4 is 5.91 Å². The van der Waals surface area contributed by atoms with Crippen LogP contribution in [0.2, 0.25) is 0 Å². The van der Waals surface area contributed by atoms with E-state index in [4.69, 9.17) is 0 Å². The van der Waals surface area contributed by atoms with Gasteiger partial charge in [0.15, 0.2) is 0 Å². The Bertz CT molecular complexity index is 448. The minimum atomic E-state index is -0.252. The third-order valence-corrected chi connectivity index (χ3v) is 2.86. The van der Waals surface area contributed by atoms with Crippen LogP contribution in [0.3, 0.4) is 0 Å². The summed E-state index contributed by atoms with van der Waals surface area (Å²) >= 11 is 0. The maximum absolute atomic E-state index is 11.7. The van der Waals surface area contributed by atoms with Gasteiger partial charge in [0.25, 0.3) is 5.91 Å². The fourth-order valence-electron chi connectivity index (χ4n) is 1.54. The van der Waals surface area contributed by atoms with Crippen LogP contribution >= 0.6 is 0 Å². The van der Waals surface area contributed by atoms with E-state index in [2.05, 4.69) is 24.1 Å². The van der Waals surface area contributed by atoms with Crippen molar-refractivity contribution in [3.05, 3.63) is 34.2 Å². The second-order valence-electron chi connectivity index (χ2n) is 4.66. The van der Waals surface area contributed by atoms with Crippen LogP contribution in [0.4, 0.5) is 0 Å². The van der Waals surface area contributed by atoms with Crippen molar-refractivity contribution in [3.8, 4) is 0 Å². The molecule has 1 aromatic heterocycles.